The van der Waals surface area contributed by atoms with E-state index >= 15 is 0 Å². The zero-order chi connectivity index (χ0) is 9.56. The maximum atomic E-state index is 9.11. The quantitative estimate of drug-likeness (QED) is 0.669. The molecular weight excluding hydrogens is 152 g/mol. The third-order valence-corrected chi connectivity index (χ3v) is 1.97. The number of rotatable bonds is 5. The number of nitrogens with zero attached hydrogens (tertiary/aromatic N) is 2. The summed E-state index contributed by atoms with van der Waals surface area (Å²) in [6.07, 6.45) is 1.18. The van der Waals surface area contributed by atoms with Gasteiger partial charge in [-0.2, -0.15) is 5.26 Å². The van der Waals surface area contributed by atoms with Gasteiger partial charge in [0.25, 0.3) is 0 Å². The van der Waals surface area contributed by atoms with E-state index in [0.29, 0.717) is 13.0 Å². The van der Waals surface area contributed by atoms with Crippen LogP contribution in [0.2, 0.25) is 0 Å². The van der Waals surface area contributed by atoms with Gasteiger partial charge in [-0.15, -0.1) is 0 Å². The first kappa shape index (κ1) is 11.4. The molecule has 0 bridgehead atoms. The summed E-state index contributed by atoms with van der Waals surface area (Å²) >= 11 is 0. The van der Waals surface area contributed by atoms with E-state index in [4.69, 9.17) is 10.4 Å². The smallest absolute Gasteiger partial charge is 0.0639 e. The van der Waals surface area contributed by atoms with Crippen LogP contribution in [-0.4, -0.2) is 35.7 Å². The Morgan fingerprint density at radius 3 is 2.50 bits per heavy atom. The topological polar surface area (TPSA) is 47.3 Å². The number of hydrogen-bond acceptors (Lipinski definition) is 3. The Balaban J connectivity index is 3.86. The number of nitriles is 1. The first-order valence-corrected chi connectivity index (χ1v) is 4.37. The van der Waals surface area contributed by atoms with Crippen LogP contribution in [0.5, 0.6) is 0 Å². The number of likely N-dealkylation sites (N-methyl/N-ethyl adjacent to an activating group) is 1. The summed E-state index contributed by atoms with van der Waals surface area (Å²) < 4.78 is 0. The molecule has 0 saturated heterocycles. The van der Waals surface area contributed by atoms with Crippen LogP contribution in [0.3, 0.4) is 0 Å². The lowest BCUT2D eigenvalue weighted by atomic mass is 10.1. The van der Waals surface area contributed by atoms with Crippen molar-refractivity contribution in [3.05, 3.63) is 0 Å². The van der Waals surface area contributed by atoms with Crippen molar-refractivity contribution in [2.45, 2.75) is 38.8 Å². The lowest BCUT2D eigenvalue weighted by Crippen LogP contribution is -2.36. The largest absolute Gasteiger partial charge is 0.392 e. The van der Waals surface area contributed by atoms with Crippen LogP contribution < -0.4 is 0 Å². The highest BCUT2D eigenvalue weighted by Gasteiger charge is 2.13. The normalized spacial score (nSPS) is 15.7. The molecule has 0 spiro atoms. The van der Waals surface area contributed by atoms with Gasteiger partial charge in [0.2, 0.25) is 0 Å². The van der Waals surface area contributed by atoms with E-state index in [1.165, 1.54) is 0 Å². The fraction of sp³-hybridized carbons (Fsp3) is 0.889. The van der Waals surface area contributed by atoms with Crippen molar-refractivity contribution in [1.82, 2.24) is 4.90 Å². The molecule has 2 atom stereocenters. The van der Waals surface area contributed by atoms with Crippen LogP contribution in [0.4, 0.5) is 0 Å². The van der Waals surface area contributed by atoms with Crippen molar-refractivity contribution in [2.24, 2.45) is 0 Å². The summed E-state index contributed by atoms with van der Waals surface area (Å²) in [6, 6.07) is 2.43. The zero-order valence-electron chi connectivity index (χ0n) is 8.12. The molecule has 0 fully saturated rings. The molecule has 0 amide bonds. The van der Waals surface area contributed by atoms with Gasteiger partial charge >= 0.3 is 0 Å². The Morgan fingerprint density at radius 1 is 1.58 bits per heavy atom. The summed E-state index contributed by atoms with van der Waals surface area (Å²) in [5.74, 6) is 0. The van der Waals surface area contributed by atoms with Crippen molar-refractivity contribution in [3.8, 4) is 6.07 Å². The Kier molecular flexibility index (Phi) is 5.69. The van der Waals surface area contributed by atoms with Crippen LogP contribution in [0, 0.1) is 11.3 Å². The summed E-state index contributed by atoms with van der Waals surface area (Å²) in [4.78, 5) is 2.04. The van der Waals surface area contributed by atoms with Gasteiger partial charge in [0.05, 0.1) is 18.6 Å². The summed E-state index contributed by atoms with van der Waals surface area (Å²) in [5, 5.41) is 17.6. The second kappa shape index (κ2) is 5.99. The van der Waals surface area contributed by atoms with E-state index in [1.807, 2.05) is 11.9 Å². The van der Waals surface area contributed by atoms with E-state index in [0.717, 1.165) is 6.42 Å². The van der Waals surface area contributed by atoms with Gasteiger partial charge in [-0.05, 0) is 20.4 Å². The molecule has 0 aliphatic heterocycles. The molecule has 12 heavy (non-hydrogen) atoms. The Hall–Kier alpha value is -0.590. The van der Waals surface area contributed by atoms with Gasteiger partial charge < -0.3 is 5.11 Å². The van der Waals surface area contributed by atoms with Crippen molar-refractivity contribution in [2.75, 3.05) is 13.6 Å². The Morgan fingerprint density at radius 2 is 2.17 bits per heavy atom. The summed E-state index contributed by atoms with van der Waals surface area (Å²) in [5.41, 5.74) is 0. The molecule has 3 nitrogen and oxygen atoms in total. The molecule has 0 rings (SSSR count). The highest BCUT2D eigenvalue weighted by molar-refractivity contribution is 4.81. The summed E-state index contributed by atoms with van der Waals surface area (Å²) in [7, 11) is 1.94. The van der Waals surface area contributed by atoms with Crippen LogP contribution in [0.1, 0.15) is 26.7 Å². The summed E-state index contributed by atoms with van der Waals surface area (Å²) in [6.45, 7) is 4.45. The molecule has 1 N–H and O–H groups in total. The molecule has 70 valence electrons. The Labute approximate surface area is 74.6 Å². The minimum absolute atomic E-state index is 0.282. The molecule has 0 aromatic heterocycles. The van der Waals surface area contributed by atoms with Gasteiger partial charge in [-0.25, -0.2) is 0 Å². The van der Waals surface area contributed by atoms with Gasteiger partial charge in [0, 0.05) is 12.6 Å². The van der Waals surface area contributed by atoms with Gasteiger partial charge in [0.1, 0.15) is 0 Å². The van der Waals surface area contributed by atoms with E-state index < -0.39 is 0 Å². The minimum Gasteiger partial charge on any atom is -0.392 e. The Bertz CT molecular complexity index is 151. The van der Waals surface area contributed by atoms with Crippen molar-refractivity contribution < 1.29 is 5.11 Å². The number of aliphatic hydroxyl groups is 1. The predicted octanol–water partition coefficient (Wildman–Crippen LogP) is 0.991. The van der Waals surface area contributed by atoms with E-state index in [-0.39, 0.29) is 12.1 Å². The third kappa shape index (κ3) is 4.32. The highest BCUT2D eigenvalue weighted by atomic mass is 16.3. The van der Waals surface area contributed by atoms with Gasteiger partial charge in [-0.3, -0.25) is 4.90 Å². The average molecular weight is 170 g/mol. The molecule has 0 aliphatic carbocycles. The second-order valence-electron chi connectivity index (χ2n) is 3.21. The molecule has 3 heteroatoms. The van der Waals surface area contributed by atoms with Crippen LogP contribution >= 0.6 is 0 Å². The molecule has 0 aromatic carbocycles. The van der Waals surface area contributed by atoms with Gasteiger partial charge in [0.15, 0.2) is 0 Å². The molecule has 2 unspecified atom stereocenters. The molecular formula is C9H18N2O. The molecule has 0 aliphatic rings. The lowest BCUT2D eigenvalue weighted by Gasteiger charge is -2.25. The lowest BCUT2D eigenvalue weighted by molar-refractivity contribution is 0.116. The molecule has 0 aromatic rings. The number of aliphatic hydroxyl groups excluding tert-OH is 1. The predicted molar refractivity (Wildman–Crippen MR) is 48.6 cm³/mol. The van der Waals surface area contributed by atoms with E-state index in [9.17, 15) is 0 Å². The standard InChI is InChI=1S/C9H18N2O/c1-4-9(5-6-10)11(3)7-8(2)12/h8-9,12H,4-5,7H2,1-3H3. The maximum absolute atomic E-state index is 9.11. The SMILES string of the molecule is CCC(CC#N)N(C)CC(C)O. The fourth-order valence-electron chi connectivity index (χ4n) is 1.28. The monoisotopic (exact) mass is 170 g/mol. The maximum Gasteiger partial charge on any atom is 0.0639 e. The highest BCUT2D eigenvalue weighted by Crippen LogP contribution is 2.05. The molecule has 0 heterocycles. The van der Waals surface area contributed by atoms with Crippen LogP contribution in [-0.2, 0) is 0 Å². The average Bonchev–Trinajstić information content (AvgIpc) is 1.98. The second-order valence-corrected chi connectivity index (χ2v) is 3.21. The van der Waals surface area contributed by atoms with E-state index in [1.54, 1.807) is 6.92 Å². The minimum atomic E-state index is -0.317. The van der Waals surface area contributed by atoms with Crippen molar-refractivity contribution in [3.63, 3.8) is 0 Å². The van der Waals surface area contributed by atoms with Crippen molar-refractivity contribution >= 4 is 0 Å². The van der Waals surface area contributed by atoms with E-state index in [2.05, 4.69) is 13.0 Å². The first-order valence-electron chi connectivity index (χ1n) is 4.37. The molecule has 0 radical (unpaired) electrons. The molecule has 0 saturated carbocycles. The van der Waals surface area contributed by atoms with Gasteiger partial charge in [-0.1, -0.05) is 6.92 Å². The van der Waals surface area contributed by atoms with Crippen molar-refractivity contribution in [1.29, 1.82) is 5.26 Å². The van der Waals surface area contributed by atoms with Crippen LogP contribution in [0.25, 0.3) is 0 Å². The van der Waals surface area contributed by atoms with Crippen LogP contribution in [0.15, 0.2) is 0 Å². The first-order chi connectivity index (χ1) is 5.61. The number of hydrogen-bond donors (Lipinski definition) is 1. The zero-order valence-corrected chi connectivity index (χ0v) is 8.12. The third-order valence-electron chi connectivity index (χ3n) is 1.97. The fourth-order valence-corrected chi connectivity index (χ4v) is 1.28.